The van der Waals surface area contributed by atoms with E-state index in [0.29, 0.717) is 0 Å². The lowest BCUT2D eigenvalue weighted by atomic mass is 9.58. The van der Waals surface area contributed by atoms with Crippen LogP contribution >= 0.6 is 0 Å². The minimum atomic E-state index is -0.371. The van der Waals surface area contributed by atoms with E-state index in [2.05, 4.69) is 16.8 Å². The number of Topliss-reactive ketones (excluding diaryl/α,β-unsaturated/α-hetero) is 1. The second-order valence-electron chi connectivity index (χ2n) is 7.26. The SMILES string of the molecule is [C-]#[N+]C1=C[C@]2(C)c3nn(C)c(-c4ccncc4)c3CC[C@H]2[C@H](C)C1=O. The lowest BCUT2D eigenvalue weighted by Crippen LogP contribution is -2.45. The fraction of sp³-hybridized carbons (Fsp3) is 0.400. The van der Waals surface area contributed by atoms with Crippen molar-refractivity contribution >= 4 is 5.78 Å². The molecule has 2 heterocycles. The van der Waals surface area contributed by atoms with Crippen LogP contribution in [0.25, 0.3) is 16.1 Å². The smallest absolute Gasteiger partial charge is 0.226 e. The summed E-state index contributed by atoms with van der Waals surface area (Å²) in [7, 11) is 1.96. The molecule has 3 atom stereocenters. The van der Waals surface area contributed by atoms with Gasteiger partial charge in [-0.15, -0.1) is 0 Å². The van der Waals surface area contributed by atoms with Gasteiger partial charge in [-0.05, 0) is 30.9 Å². The first-order valence-corrected chi connectivity index (χ1v) is 8.58. The standard InChI is InChI=1S/C20H20N4O/c1-12-15-6-5-14-17(13-7-9-22-10-8-13)24(4)23-19(14)20(15,2)11-16(21-3)18(12)25/h7-12,15H,5-6H2,1-2,4H3/t12-,15-,20-/m0/s1. The molecule has 25 heavy (non-hydrogen) atoms. The van der Waals surface area contributed by atoms with E-state index in [1.54, 1.807) is 12.4 Å². The highest BCUT2D eigenvalue weighted by Gasteiger charge is 2.50. The van der Waals surface area contributed by atoms with Crippen LogP contribution in [0, 0.1) is 18.4 Å². The van der Waals surface area contributed by atoms with Gasteiger partial charge in [-0.3, -0.25) is 9.67 Å². The van der Waals surface area contributed by atoms with E-state index in [9.17, 15) is 4.79 Å². The number of carbonyl (C=O) groups excluding carboxylic acids is 1. The molecular weight excluding hydrogens is 312 g/mol. The van der Waals surface area contributed by atoms with Gasteiger partial charge in [0.15, 0.2) is 5.78 Å². The van der Waals surface area contributed by atoms with Gasteiger partial charge in [-0.25, -0.2) is 4.85 Å². The number of nitrogens with zero attached hydrogens (tertiary/aromatic N) is 4. The molecular formula is C20H20N4O. The average Bonchev–Trinajstić information content (AvgIpc) is 2.96. The van der Waals surface area contributed by atoms with E-state index in [4.69, 9.17) is 11.7 Å². The Hall–Kier alpha value is -2.74. The molecule has 0 bridgehead atoms. The maximum Gasteiger partial charge on any atom is 0.226 e. The second-order valence-corrected chi connectivity index (χ2v) is 7.26. The number of aryl methyl sites for hydroxylation is 1. The number of allylic oxidation sites excluding steroid dienone is 2. The zero-order valence-electron chi connectivity index (χ0n) is 14.7. The molecule has 2 aliphatic rings. The zero-order valence-corrected chi connectivity index (χ0v) is 14.7. The van der Waals surface area contributed by atoms with Crippen molar-refractivity contribution in [3.05, 3.63) is 59.0 Å². The van der Waals surface area contributed by atoms with Gasteiger partial charge in [0.1, 0.15) is 0 Å². The van der Waals surface area contributed by atoms with Crippen molar-refractivity contribution in [2.45, 2.75) is 32.1 Å². The predicted octanol–water partition coefficient (Wildman–Crippen LogP) is 3.32. The highest BCUT2D eigenvalue weighted by molar-refractivity contribution is 6.00. The molecule has 4 rings (SSSR count). The number of hydrogen-bond acceptors (Lipinski definition) is 3. The predicted molar refractivity (Wildman–Crippen MR) is 94.5 cm³/mol. The number of ketones is 1. The first kappa shape index (κ1) is 15.8. The van der Waals surface area contributed by atoms with Gasteiger partial charge >= 0.3 is 0 Å². The second kappa shape index (κ2) is 5.38. The number of pyridine rings is 1. The number of fused-ring (bicyclic) bond motifs is 3. The van der Waals surface area contributed by atoms with Gasteiger partial charge in [-0.2, -0.15) is 5.10 Å². The van der Waals surface area contributed by atoms with Crippen molar-refractivity contribution in [2.24, 2.45) is 18.9 Å². The van der Waals surface area contributed by atoms with Gasteiger partial charge in [0.2, 0.25) is 5.70 Å². The lowest BCUT2D eigenvalue weighted by Gasteiger charge is -2.44. The Bertz CT molecular complexity index is 935. The van der Waals surface area contributed by atoms with Crippen LogP contribution in [0.4, 0.5) is 0 Å². The van der Waals surface area contributed by atoms with Crippen LogP contribution in [0.5, 0.6) is 0 Å². The van der Waals surface area contributed by atoms with Gasteiger partial charge in [-0.1, -0.05) is 19.9 Å². The van der Waals surface area contributed by atoms with Gasteiger partial charge < -0.3 is 4.79 Å². The van der Waals surface area contributed by atoms with Crippen LogP contribution in [-0.4, -0.2) is 20.5 Å². The molecule has 0 amide bonds. The Morgan fingerprint density at radius 3 is 2.76 bits per heavy atom. The molecule has 5 heteroatoms. The van der Waals surface area contributed by atoms with Crippen molar-refractivity contribution in [1.29, 1.82) is 0 Å². The largest absolute Gasteiger partial charge is 0.308 e. The maximum absolute atomic E-state index is 12.4. The number of hydrogen-bond donors (Lipinski definition) is 0. The fourth-order valence-corrected chi connectivity index (χ4v) is 4.69. The third kappa shape index (κ3) is 2.10. The molecule has 2 aromatic heterocycles. The monoisotopic (exact) mass is 332 g/mol. The van der Waals surface area contributed by atoms with E-state index in [1.807, 2.05) is 36.9 Å². The molecule has 126 valence electrons. The minimum Gasteiger partial charge on any atom is -0.308 e. The summed E-state index contributed by atoms with van der Waals surface area (Å²) < 4.78 is 1.93. The van der Waals surface area contributed by atoms with Crippen LogP contribution in [0.3, 0.4) is 0 Å². The van der Waals surface area contributed by atoms with Crippen molar-refractivity contribution in [2.75, 3.05) is 0 Å². The minimum absolute atomic E-state index is 0.0220. The molecule has 0 aliphatic heterocycles. The summed E-state index contributed by atoms with van der Waals surface area (Å²) in [4.78, 5) is 20.0. The molecule has 0 saturated heterocycles. The Morgan fingerprint density at radius 2 is 2.08 bits per heavy atom. The molecule has 0 radical (unpaired) electrons. The molecule has 0 N–H and O–H groups in total. The number of aromatic nitrogens is 3. The molecule has 0 fully saturated rings. The van der Waals surface area contributed by atoms with Crippen molar-refractivity contribution in [3.8, 4) is 11.3 Å². The molecule has 0 unspecified atom stereocenters. The van der Waals surface area contributed by atoms with E-state index in [0.717, 1.165) is 29.8 Å². The molecule has 2 aromatic rings. The first-order valence-electron chi connectivity index (χ1n) is 8.58. The first-order chi connectivity index (χ1) is 12.0. The Labute approximate surface area is 147 Å². The normalized spacial score (nSPS) is 27.9. The van der Waals surface area contributed by atoms with E-state index in [1.165, 1.54) is 5.56 Å². The average molecular weight is 332 g/mol. The third-order valence-corrected chi connectivity index (χ3v) is 5.91. The quantitative estimate of drug-likeness (QED) is 0.753. The summed E-state index contributed by atoms with van der Waals surface area (Å²) >= 11 is 0. The highest BCUT2D eigenvalue weighted by Crippen LogP contribution is 2.51. The van der Waals surface area contributed by atoms with Crippen LogP contribution in [0.2, 0.25) is 0 Å². The molecule has 0 aromatic carbocycles. The topological polar surface area (TPSA) is 52.1 Å². The Balaban J connectivity index is 1.94. The van der Waals surface area contributed by atoms with Gasteiger partial charge in [0.05, 0.1) is 18.0 Å². The Morgan fingerprint density at radius 1 is 1.36 bits per heavy atom. The number of rotatable bonds is 1. The van der Waals surface area contributed by atoms with Crippen LogP contribution < -0.4 is 0 Å². The van der Waals surface area contributed by atoms with Crippen molar-refractivity contribution in [3.63, 3.8) is 0 Å². The molecule has 0 saturated carbocycles. The zero-order chi connectivity index (χ0) is 17.8. The molecule has 0 spiro atoms. The summed E-state index contributed by atoms with van der Waals surface area (Å²) in [6.07, 6.45) is 7.29. The van der Waals surface area contributed by atoms with E-state index in [-0.39, 0.29) is 28.7 Å². The fourth-order valence-electron chi connectivity index (χ4n) is 4.69. The number of carbonyl (C=O) groups is 1. The maximum atomic E-state index is 12.4. The lowest BCUT2D eigenvalue weighted by molar-refractivity contribution is -0.121. The van der Waals surface area contributed by atoms with Crippen molar-refractivity contribution < 1.29 is 4.79 Å². The summed E-state index contributed by atoms with van der Waals surface area (Å²) in [5, 5.41) is 4.85. The summed E-state index contributed by atoms with van der Waals surface area (Å²) in [5.74, 6) is 0.0306. The van der Waals surface area contributed by atoms with Gasteiger partial charge in [0, 0.05) is 41.9 Å². The highest BCUT2D eigenvalue weighted by atomic mass is 16.1. The molecule has 5 nitrogen and oxygen atoms in total. The van der Waals surface area contributed by atoms with Crippen LogP contribution in [0.1, 0.15) is 31.5 Å². The summed E-state index contributed by atoms with van der Waals surface area (Å²) in [5.41, 5.74) is 4.34. The summed E-state index contributed by atoms with van der Waals surface area (Å²) in [6, 6.07) is 4.00. The molecule has 2 aliphatic carbocycles. The third-order valence-electron chi connectivity index (χ3n) is 5.91. The van der Waals surface area contributed by atoms with E-state index < -0.39 is 0 Å². The van der Waals surface area contributed by atoms with Gasteiger partial charge in [0.25, 0.3) is 0 Å². The van der Waals surface area contributed by atoms with Crippen LogP contribution in [-0.2, 0) is 23.7 Å². The van der Waals surface area contributed by atoms with Crippen molar-refractivity contribution in [1.82, 2.24) is 14.8 Å². The Kier molecular flexibility index (Phi) is 3.40. The van der Waals surface area contributed by atoms with E-state index >= 15 is 0 Å². The van der Waals surface area contributed by atoms with Crippen LogP contribution in [0.15, 0.2) is 36.3 Å². The summed E-state index contributed by atoms with van der Waals surface area (Å²) in [6.45, 7) is 11.5.